The Hall–Kier alpha value is -1.50. The van der Waals surface area contributed by atoms with Gasteiger partial charge in [0.15, 0.2) is 0 Å². The minimum Gasteiger partial charge on any atom is -0.481 e. The molecule has 180 valence electrons. The third-order valence-corrected chi connectivity index (χ3v) is 9.16. The summed E-state index contributed by atoms with van der Waals surface area (Å²) in [5, 5.41) is 22.2. The molecule has 0 saturated heterocycles. The van der Waals surface area contributed by atoms with Gasteiger partial charge in [-0.15, -0.1) is 0 Å². The van der Waals surface area contributed by atoms with Gasteiger partial charge in [0.05, 0.1) is 16.6 Å². The number of carboxylic acids is 1. The van der Waals surface area contributed by atoms with Crippen molar-refractivity contribution in [3.8, 4) is 0 Å². The van der Waals surface area contributed by atoms with Crippen LogP contribution in [0.3, 0.4) is 0 Å². The highest BCUT2D eigenvalue weighted by atomic mass is 32.2. The first-order valence-corrected chi connectivity index (χ1v) is 14.1. The SMILES string of the molecule is CC1C[C@H](CCC(C)(O)CCc2ccc3ccccc3c2)[C@@H](SCCCSCC(=O)O)C1=O. The zero-order valence-electron chi connectivity index (χ0n) is 19.7. The number of carbonyl (C=O) groups is 2. The molecule has 1 fully saturated rings. The van der Waals surface area contributed by atoms with Gasteiger partial charge in [-0.3, -0.25) is 9.59 Å². The quantitative estimate of drug-likeness (QED) is 0.345. The van der Waals surface area contributed by atoms with Gasteiger partial charge in [-0.25, -0.2) is 0 Å². The van der Waals surface area contributed by atoms with Gasteiger partial charge >= 0.3 is 5.97 Å². The number of Topliss-reactive ketones (excluding diaryl/α,β-unsaturated/α-hetero) is 1. The number of hydrogen-bond donors (Lipinski definition) is 2. The lowest BCUT2D eigenvalue weighted by molar-refractivity contribution is -0.133. The molecule has 4 nitrogen and oxygen atoms in total. The van der Waals surface area contributed by atoms with Gasteiger partial charge < -0.3 is 10.2 Å². The zero-order valence-corrected chi connectivity index (χ0v) is 21.3. The van der Waals surface area contributed by atoms with Crippen molar-refractivity contribution in [2.45, 2.75) is 63.2 Å². The maximum atomic E-state index is 12.7. The lowest BCUT2D eigenvalue weighted by atomic mass is 9.87. The van der Waals surface area contributed by atoms with E-state index in [1.54, 1.807) is 11.8 Å². The van der Waals surface area contributed by atoms with E-state index in [0.29, 0.717) is 24.5 Å². The van der Waals surface area contributed by atoms with Gasteiger partial charge in [-0.2, -0.15) is 23.5 Å². The summed E-state index contributed by atoms with van der Waals surface area (Å²) in [6.07, 6.45) is 4.94. The minimum atomic E-state index is -0.778. The molecule has 0 heterocycles. The third kappa shape index (κ3) is 8.04. The van der Waals surface area contributed by atoms with E-state index in [-0.39, 0.29) is 16.9 Å². The summed E-state index contributed by atoms with van der Waals surface area (Å²) in [5.41, 5.74) is 0.497. The molecule has 0 spiro atoms. The second-order valence-corrected chi connectivity index (χ2v) is 12.0. The number of benzene rings is 2. The molecule has 0 bridgehead atoms. The fraction of sp³-hybridized carbons (Fsp3) is 0.556. The molecular weight excluding hydrogens is 452 g/mol. The maximum absolute atomic E-state index is 12.7. The van der Waals surface area contributed by atoms with E-state index in [2.05, 4.69) is 36.4 Å². The summed E-state index contributed by atoms with van der Waals surface area (Å²) < 4.78 is 0. The number of rotatable bonds is 13. The van der Waals surface area contributed by atoms with Gasteiger partial charge in [0.2, 0.25) is 0 Å². The number of aliphatic hydroxyl groups is 1. The molecular formula is C27H36O4S2. The molecule has 6 heteroatoms. The van der Waals surface area contributed by atoms with Crippen LogP contribution < -0.4 is 0 Å². The van der Waals surface area contributed by atoms with Crippen molar-refractivity contribution < 1.29 is 19.8 Å². The molecule has 2 aromatic carbocycles. The largest absolute Gasteiger partial charge is 0.481 e. The molecule has 0 aromatic heterocycles. The van der Waals surface area contributed by atoms with Crippen molar-refractivity contribution in [3.63, 3.8) is 0 Å². The highest BCUT2D eigenvalue weighted by Crippen LogP contribution is 2.40. The molecule has 0 aliphatic heterocycles. The van der Waals surface area contributed by atoms with E-state index in [9.17, 15) is 14.7 Å². The Kier molecular flexibility index (Phi) is 9.71. The summed E-state index contributed by atoms with van der Waals surface area (Å²) >= 11 is 3.17. The average Bonchev–Trinajstić information content (AvgIpc) is 3.06. The van der Waals surface area contributed by atoms with Gasteiger partial charge in [-0.1, -0.05) is 49.4 Å². The fourth-order valence-electron chi connectivity index (χ4n) is 4.65. The molecule has 2 unspecified atom stereocenters. The number of thioether (sulfide) groups is 2. The summed E-state index contributed by atoms with van der Waals surface area (Å²) in [5.74, 6) is 1.81. The van der Waals surface area contributed by atoms with Crippen molar-refractivity contribution in [3.05, 3.63) is 48.0 Å². The van der Waals surface area contributed by atoms with Crippen LogP contribution in [-0.2, 0) is 16.0 Å². The number of aryl methyl sites for hydroxylation is 1. The van der Waals surface area contributed by atoms with Gasteiger partial charge in [-0.05, 0) is 79.2 Å². The summed E-state index contributed by atoms with van der Waals surface area (Å²) in [6, 6.07) is 14.8. The van der Waals surface area contributed by atoms with E-state index < -0.39 is 11.6 Å². The van der Waals surface area contributed by atoms with E-state index in [0.717, 1.165) is 37.2 Å². The first-order chi connectivity index (χ1) is 15.7. The van der Waals surface area contributed by atoms with Crippen LogP contribution >= 0.6 is 23.5 Å². The summed E-state index contributed by atoms with van der Waals surface area (Å²) in [6.45, 7) is 3.95. The van der Waals surface area contributed by atoms with E-state index >= 15 is 0 Å². The van der Waals surface area contributed by atoms with Crippen LogP contribution in [0.5, 0.6) is 0 Å². The van der Waals surface area contributed by atoms with Crippen LogP contribution in [0.1, 0.15) is 51.5 Å². The Morgan fingerprint density at radius 1 is 1.12 bits per heavy atom. The average molecular weight is 489 g/mol. The number of ketones is 1. The lowest BCUT2D eigenvalue weighted by Crippen LogP contribution is -2.28. The molecule has 1 saturated carbocycles. The topological polar surface area (TPSA) is 74.6 Å². The van der Waals surface area contributed by atoms with Gasteiger partial charge in [0.25, 0.3) is 0 Å². The smallest absolute Gasteiger partial charge is 0.313 e. The molecule has 0 radical (unpaired) electrons. The number of carboxylic acid groups (broad SMARTS) is 1. The van der Waals surface area contributed by atoms with E-state index in [1.807, 2.05) is 19.9 Å². The number of fused-ring (bicyclic) bond motifs is 1. The van der Waals surface area contributed by atoms with Crippen LogP contribution in [0, 0.1) is 11.8 Å². The third-order valence-electron chi connectivity index (χ3n) is 6.63. The molecule has 1 aliphatic rings. The Bertz CT molecular complexity index is 943. The Morgan fingerprint density at radius 3 is 2.64 bits per heavy atom. The maximum Gasteiger partial charge on any atom is 0.313 e. The number of aliphatic carboxylic acids is 1. The van der Waals surface area contributed by atoms with Crippen LogP contribution in [0.4, 0.5) is 0 Å². The molecule has 3 rings (SSSR count). The summed E-state index contributed by atoms with van der Waals surface area (Å²) in [7, 11) is 0. The van der Waals surface area contributed by atoms with Crippen molar-refractivity contribution in [2.75, 3.05) is 17.3 Å². The monoisotopic (exact) mass is 488 g/mol. The van der Waals surface area contributed by atoms with Crippen LogP contribution in [0.25, 0.3) is 10.8 Å². The van der Waals surface area contributed by atoms with Gasteiger partial charge in [0, 0.05) is 5.92 Å². The van der Waals surface area contributed by atoms with Crippen molar-refractivity contribution in [1.82, 2.24) is 0 Å². The highest BCUT2D eigenvalue weighted by Gasteiger charge is 2.40. The molecule has 2 aromatic rings. The Labute approximate surface area is 205 Å². The first-order valence-electron chi connectivity index (χ1n) is 11.9. The Balaban J connectivity index is 1.46. The molecule has 33 heavy (non-hydrogen) atoms. The predicted octanol–water partition coefficient (Wildman–Crippen LogP) is 5.84. The van der Waals surface area contributed by atoms with Crippen LogP contribution in [0.2, 0.25) is 0 Å². The van der Waals surface area contributed by atoms with E-state index in [4.69, 9.17) is 5.11 Å². The molecule has 0 amide bonds. The van der Waals surface area contributed by atoms with Crippen molar-refractivity contribution in [1.29, 1.82) is 0 Å². The second kappa shape index (κ2) is 12.3. The zero-order chi connectivity index (χ0) is 23.8. The summed E-state index contributed by atoms with van der Waals surface area (Å²) in [4.78, 5) is 23.3. The van der Waals surface area contributed by atoms with Crippen LogP contribution in [0.15, 0.2) is 42.5 Å². The number of carbonyl (C=O) groups excluding carboxylic acids is 1. The van der Waals surface area contributed by atoms with Gasteiger partial charge in [0.1, 0.15) is 5.78 Å². The second-order valence-electron chi connectivity index (χ2n) is 9.61. The highest BCUT2D eigenvalue weighted by molar-refractivity contribution is 8.01. The lowest BCUT2D eigenvalue weighted by Gasteiger charge is -2.26. The number of hydrogen-bond acceptors (Lipinski definition) is 5. The van der Waals surface area contributed by atoms with Crippen molar-refractivity contribution >= 4 is 46.0 Å². The Morgan fingerprint density at radius 2 is 1.88 bits per heavy atom. The van der Waals surface area contributed by atoms with Crippen LogP contribution in [-0.4, -0.2) is 50.1 Å². The minimum absolute atomic E-state index is 0.0146. The molecule has 1 aliphatic carbocycles. The van der Waals surface area contributed by atoms with Crippen molar-refractivity contribution in [2.24, 2.45) is 11.8 Å². The first kappa shape index (κ1) is 26.1. The predicted molar refractivity (Wildman–Crippen MR) is 140 cm³/mol. The van der Waals surface area contributed by atoms with E-state index in [1.165, 1.54) is 28.1 Å². The molecule has 4 atom stereocenters. The molecule has 2 N–H and O–H groups in total. The normalized spacial score (nSPS) is 22.5. The fourth-order valence-corrected chi connectivity index (χ4v) is 6.99. The standard InChI is InChI=1S/C27H36O4S2/c1-19-16-23(26(25(19)30)33-15-5-14-32-18-24(28)29)11-13-27(2,31)12-10-20-8-9-21-6-3-4-7-22(21)17-20/h3-4,6-9,17,19,23,26,31H,5,10-16,18H2,1-2H3,(H,28,29)/t19?,23-,26+,27?/m0/s1.